The van der Waals surface area contributed by atoms with Crippen LogP contribution in [0.3, 0.4) is 0 Å². The number of benzene rings is 2. The molecule has 0 aliphatic carbocycles. The highest BCUT2D eigenvalue weighted by Gasteiger charge is 2.19. The SMILES string of the molecule is COCc1c(C(=O)NCCc2ccc(F)cc2)oc2ccccc12. The molecule has 1 heterocycles. The Morgan fingerprint density at radius 2 is 1.92 bits per heavy atom. The maximum absolute atomic E-state index is 12.9. The number of nitrogens with one attached hydrogen (secondary N) is 1. The molecule has 3 rings (SSSR count). The zero-order valence-electron chi connectivity index (χ0n) is 13.3. The molecule has 0 aliphatic rings. The lowest BCUT2D eigenvalue weighted by atomic mass is 10.1. The number of methoxy groups -OCH3 is 1. The van der Waals surface area contributed by atoms with E-state index in [4.69, 9.17) is 9.15 Å². The Morgan fingerprint density at radius 1 is 1.17 bits per heavy atom. The van der Waals surface area contributed by atoms with Gasteiger partial charge in [-0.05, 0) is 30.2 Å². The van der Waals surface area contributed by atoms with Crippen LogP contribution in [0, 0.1) is 5.82 Å². The number of amides is 1. The monoisotopic (exact) mass is 327 g/mol. The van der Waals surface area contributed by atoms with Crippen LogP contribution >= 0.6 is 0 Å². The number of hydrogen-bond acceptors (Lipinski definition) is 3. The first-order valence-corrected chi connectivity index (χ1v) is 7.71. The third-order valence-electron chi connectivity index (χ3n) is 3.81. The Morgan fingerprint density at radius 3 is 2.67 bits per heavy atom. The summed E-state index contributed by atoms with van der Waals surface area (Å²) in [6.45, 7) is 0.742. The fourth-order valence-electron chi connectivity index (χ4n) is 2.62. The normalized spacial score (nSPS) is 10.9. The molecular weight excluding hydrogens is 309 g/mol. The lowest BCUT2D eigenvalue weighted by molar-refractivity contribution is 0.0922. The fraction of sp³-hybridized carbons (Fsp3) is 0.211. The lowest BCUT2D eigenvalue weighted by Gasteiger charge is -2.05. The maximum Gasteiger partial charge on any atom is 0.287 e. The molecular formula is C19H18FNO3. The zero-order chi connectivity index (χ0) is 16.9. The second-order valence-corrected chi connectivity index (χ2v) is 5.47. The highest BCUT2D eigenvalue weighted by molar-refractivity contribution is 5.99. The molecule has 4 nitrogen and oxygen atoms in total. The molecule has 3 aromatic rings. The molecule has 0 atom stereocenters. The second-order valence-electron chi connectivity index (χ2n) is 5.47. The van der Waals surface area contributed by atoms with Gasteiger partial charge in [-0.25, -0.2) is 4.39 Å². The molecule has 1 N–H and O–H groups in total. The number of ether oxygens (including phenoxy) is 1. The van der Waals surface area contributed by atoms with E-state index >= 15 is 0 Å². The molecule has 5 heteroatoms. The van der Waals surface area contributed by atoms with E-state index in [1.165, 1.54) is 12.1 Å². The van der Waals surface area contributed by atoms with E-state index in [0.29, 0.717) is 25.2 Å². The fourth-order valence-corrected chi connectivity index (χ4v) is 2.62. The zero-order valence-corrected chi connectivity index (χ0v) is 13.3. The number of carbonyl (C=O) groups is 1. The van der Waals surface area contributed by atoms with E-state index < -0.39 is 0 Å². The smallest absolute Gasteiger partial charge is 0.287 e. The van der Waals surface area contributed by atoms with Crippen LogP contribution in [0.15, 0.2) is 52.9 Å². The summed E-state index contributed by atoms with van der Waals surface area (Å²) in [4.78, 5) is 12.4. The van der Waals surface area contributed by atoms with Crippen molar-refractivity contribution in [3.63, 3.8) is 0 Å². The molecule has 2 aromatic carbocycles. The number of para-hydroxylation sites is 1. The van der Waals surface area contributed by atoms with E-state index in [-0.39, 0.29) is 17.5 Å². The summed E-state index contributed by atoms with van der Waals surface area (Å²) in [6.07, 6.45) is 0.617. The summed E-state index contributed by atoms with van der Waals surface area (Å²) < 4.78 is 23.8. The van der Waals surface area contributed by atoms with Crippen molar-refractivity contribution in [3.05, 3.63) is 71.2 Å². The van der Waals surface area contributed by atoms with E-state index in [1.807, 2.05) is 24.3 Å². The predicted octanol–water partition coefficient (Wildman–Crippen LogP) is 3.69. The Kier molecular flexibility index (Phi) is 4.91. The Labute approximate surface area is 139 Å². The van der Waals surface area contributed by atoms with Crippen LogP contribution in [0.25, 0.3) is 11.0 Å². The molecule has 0 aliphatic heterocycles. The van der Waals surface area contributed by atoms with E-state index in [1.54, 1.807) is 19.2 Å². The molecule has 1 amide bonds. The topological polar surface area (TPSA) is 51.5 Å². The molecule has 0 fully saturated rings. The van der Waals surface area contributed by atoms with Gasteiger partial charge in [-0.15, -0.1) is 0 Å². The third kappa shape index (κ3) is 3.46. The molecule has 0 radical (unpaired) electrons. The summed E-state index contributed by atoms with van der Waals surface area (Å²) in [5.41, 5.74) is 2.36. The van der Waals surface area contributed by atoms with Crippen molar-refractivity contribution < 1.29 is 18.3 Å². The maximum atomic E-state index is 12.9. The quantitative estimate of drug-likeness (QED) is 0.751. The first-order chi connectivity index (χ1) is 11.7. The van der Waals surface area contributed by atoms with Gasteiger partial charge in [0.25, 0.3) is 5.91 Å². The second kappa shape index (κ2) is 7.27. The van der Waals surface area contributed by atoms with Gasteiger partial charge < -0.3 is 14.5 Å². The Bertz CT molecular complexity index is 839. The van der Waals surface area contributed by atoms with Crippen LogP contribution in [0.1, 0.15) is 21.7 Å². The van der Waals surface area contributed by atoms with E-state index in [0.717, 1.165) is 16.5 Å². The first kappa shape index (κ1) is 16.2. The number of halogens is 1. The van der Waals surface area contributed by atoms with Crippen LogP contribution in [0.5, 0.6) is 0 Å². The summed E-state index contributed by atoms with van der Waals surface area (Å²) in [5.74, 6) is -0.271. The van der Waals surface area contributed by atoms with Crippen LogP contribution in [0.4, 0.5) is 4.39 Å². The molecule has 0 spiro atoms. The number of hydrogen-bond donors (Lipinski definition) is 1. The van der Waals surface area contributed by atoms with Crippen molar-refractivity contribution in [1.29, 1.82) is 0 Å². The highest BCUT2D eigenvalue weighted by Crippen LogP contribution is 2.26. The molecule has 0 saturated carbocycles. The van der Waals surface area contributed by atoms with Crippen molar-refractivity contribution >= 4 is 16.9 Å². The van der Waals surface area contributed by atoms with Crippen LogP contribution in [-0.2, 0) is 17.8 Å². The minimum Gasteiger partial charge on any atom is -0.451 e. The number of furan rings is 1. The van der Waals surface area contributed by atoms with E-state index in [9.17, 15) is 9.18 Å². The van der Waals surface area contributed by atoms with Gasteiger partial charge in [0.15, 0.2) is 5.76 Å². The molecule has 0 saturated heterocycles. The van der Waals surface area contributed by atoms with Gasteiger partial charge in [-0.2, -0.15) is 0 Å². The number of rotatable bonds is 6. The first-order valence-electron chi connectivity index (χ1n) is 7.71. The number of carbonyl (C=O) groups excluding carboxylic acids is 1. The third-order valence-corrected chi connectivity index (χ3v) is 3.81. The number of fused-ring (bicyclic) bond motifs is 1. The van der Waals surface area contributed by atoms with Crippen molar-refractivity contribution in [1.82, 2.24) is 5.32 Å². The minimum atomic E-state index is -0.277. The predicted molar refractivity (Wildman–Crippen MR) is 89.4 cm³/mol. The van der Waals surface area contributed by atoms with Crippen molar-refractivity contribution in [3.8, 4) is 0 Å². The van der Waals surface area contributed by atoms with Gasteiger partial charge in [-0.1, -0.05) is 30.3 Å². The largest absolute Gasteiger partial charge is 0.451 e. The van der Waals surface area contributed by atoms with Crippen LogP contribution in [-0.4, -0.2) is 19.6 Å². The molecule has 124 valence electrons. The van der Waals surface area contributed by atoms with Gasteiger partial charge >= 0.3 is 0 Å². The standard InChI is InChI=1S/C19H18FNO3/c1-23-12-16-15-4-2-3-5-17(15)24-18(16)19(22)21-11-10-13-6-8-14(20)9-7-13/h2-9H,10-12H2,1H3,(H,21,22). The van der Waals surface area contributed by atoms with Crippen LogP contribution in [0.2, 0.25) is 0 Å². The van der Waals surface area contributed by atoms with Gasteiger partial charge in [0, 0.05) is 24.6 Å². The average Bonchev–Trinajstić information content (AvgIpc) is 2.96. The van der Waals surface area contributed by atoms with E-state index in [2.05, 4.69) is 5.32 Å². The molecule has 24 heavy (non-hydrogen) atoms. The Hall–Kier alpha value is -2.66. The summed E-state index contributed by atoms with van der Waals surface area (Å²) in [5, 5.41) is 3.72. The minimum absolute atomic E-state index is 0.269. The highest BCUT2D eigenvalue weighted by atomic mass is 19.1. The molecule has 0 bridgehead atoms. The Balaban J connectivity index is 1.71. The van der Waals surface area contributed by atoms with Crippen molar-refractivity contribution in [2.45, 2.75) is 13.0 Å². The molecule has 0 unspecified atom stereocenters. The van der Waals surface area contributed by atoms with Crippen molar-refractivity contribution in [2.75, 3.05) is 13.7 Å². The average molecular weight is 327 g/mol. The summed E-state index contributed by atoms with van der Waals surface area (Å²) in [6, 6.07) is 13.7. The van der Waals surface area contributed by atoms with Gasteiger partial charge in [0.1, 0.15) is 11.4 Å². The molecule has 1 aromatic heterocycles. The van der Waals surface area contributed by atoms with Gasteiger partial charge in [0.05, 0.1) is 6.61 Å². The van der Waals surface area contributed by atoms with Gasteiger partial charge in [-0.3, -0.25) is 4.79 Å². The van der Waals surface area contributed by atoms with Crippen molar-refractivity contribution in [2.24, 2.45) is 0 Å². The summed E-state index contributed by atoms with van der Waals surface area (Å²) >= 11 is 0. The lowest BCUT2D eigenvalue weighted by Crippen LogP contribution is -2.26. The summed E-state index contributed by atoms with van der Waals surface area (Å²) in [7, 11) is 1.58. The van der Waals surface area contributed by atoms with Crippen LogP contribution < -0.4 is 5.32 Å². The van der Waals surface area contributed by atoms with Gasteiger partial charge in [0.2, 0.25) is 0 Å².